The molecule has 122 valence electrons. The highest BCUT2D eigenvalue weighted by Crippen LogP contribution is 2.35. The van der Waals surface area contributed by atoms with Crippen molar-refractivity contribution in [2.45, 2.75) is 32.6 Å². The van der Waals surface area contributed by atoms with Gasteiger partial charge in [-0.1, -0.05) is 6.07 Å². The third-order valence-electron chi connectivity index (χ3n) is 4.43. The number of fused-ring (bicyclic) bond motifs is 1. The first-order valence-electron chi connectivity index (χ1n) is 8.09. The number of nitrogens with zero attached hydrogens (tertiary/aromatic N) is 1. The summed E-state index contributed by atoms with van der Waals surface area (Å²) >= 11 is 0. The smallest absolute Gasteiger partial charge is 0.169 e. The average molecular weight is 321 g/mol. The largest absolute Gasteiger partial charge is 0.469 e. The number of hydrogen-bond acceptors (Lipinski definition) is 4. The topological polar surface area (TPSA) is 70.9 Å². The lowest BCUT2D eigenvalue weighted by Crippen LogP contribution is -2.18. The summed E-state index contributed by atoms with van der Waals surface area (Å²) in [6, 6.07) is 9.99. The molecule has 2 aromatic heterocycles. The SMILES string of the molecule is Cc1cc(C)cc(Nc2n[nH]c3c2C(=O)CC(c2ccco2)C3)c1. The lowest BCUT2D eigenvalue weighted by atomic mass is 9.85. The van der Waals surface area contributed by atoms with E-state index in [4.69, 9.17) is 4.42 Å². The van der Waals surface area contributed by atoms with E-state index >= 15 is 0 Å². The Kier molecular flexibility index (Phi) is 3.49. The zero-order valence-electron chi connectivity index (χ0n) is 13.7. The fourth-order valence-electron chi connectivity index (χ4n) is 3.47. The number of aryl methyl sites for hydroxylation is 2. The number of aromatic amines is 1. The Balaban J connectivity index is 1.63. The molecule has 1 unspecified atom stereocenters. The van der Waals surface area contributed by atoms with Gasteiger partial charge in [-0.3, -0.25) is 9.89 Å². The molecule has 0 saturated carbocycles. The molecule has 0 aliphatic heterocycles. The molecule has 24 heavy (non-hydrogen) atoms. The molecule has 5 nitrogen and oxygen atoms in total. The molecule has 0 saturated heterocycles. The van der Waals surface area contributed by atoms with E-state index in [1.165, 1.54) is 11.1 Å². The molecule has 5 heteroatoms. The number of benzene rings is 1. The maximum Gasteiger partial charge on any atom is 0.169 e. The number of aromatic nitrogens is 2. The second-order valence-corrected chi connectivity index (χ2v) is 6.47. The van der Waals surface area contributed by atoms with Gasteiger partial charge in [0, 0.05) is 30.1 Å². The van der Waals surface area contributed by atoms with Crippen LogP contribution >= 0.6 is 0 Å². The first-order chi connectivity index (χ1) is 11.6. The van der Waals surface area contributed by atoms with Gasteiger partial charge < -0.3 is 9.73 Å². The lowest BCUT2D eigenvalue weighted by molar-refractivity contribution is 0.0961. The second-order valence-electron chi connectivity index (χ2n) is 6.47. The van der Waals surface area contributed by atoms with Crippen molar-refractivity contribution < 1.29 is 9.21 Å². The molecule has 4 rings (SSSR count). The highest BCUT2D eigenvalue weighted by atomic mass is 16.3. The van der Waals surface area contributed by atoms with Crippen LogP contribution in [0.15, 0.2) is 41.0 Å². The van der Waals surface area contributed by atoms with Crippen molar-refractivity contribution in [3.8, 4) is 0 Å². The van der Waals surface area contributed by atoms with E-state index in [9.17, 15) is 4.79 Å². The molecule has 0 fully saturated rings. The van der Waals surface area contributed by atoms with Crippen LogP contribution in [0.3, 0.4) is 0 Å². The number of ketones is 1. The van der Waals surface area contributed by atoms with Crippen LogP contribution in [0.2, 0.25) is 0 Å². The normalized spacial score (nSPS) is 16.9. The molecule has 2 N–H and O–H groups in total. The van der Waals surface area contributed by atoms with E-state index in [2.05, 4.69) is 35.4 Å². The Labute approximate surface area is 140 Å². The molecule has 1 atom stereocenters. The maximum absolute atomic E-state index is 12.7. The van der Waals surface area contributed by atoms with Gasteiger partial charge in [-0.15, -0.1) is 0 Å². The Hall–Kier alpha value is -2.82. The summed E-state index contributed by atoms with van der Waals surface area (Å²) in [5, 5.41) is 10.6. The van der Waals surface area contributed by atoms with E-state index in [0.717, 1.165) is 23.6 Å². The summed E-state index contributed by atoms with van der Waals surface area (Å²) in [7, 11) is 0. The number of carbonyl (C=O) groups excluding carboxylic acids is 1. The van der Waals surface area contributed by atoms with E-state index in [1.807, 2.05) is 24.3 Å². The van der Waals surface area contributed by atoms with Gasteiger partial charge >= 0.3 is 0 Å². The summed E-state index contributed by atoms with van der Waals surface area (Å²) in [5.41, 5.74) is 4.84. The van der Waals surface area contributed by atoms with Crippen molar-refractivity contribution in [2.24, 2.45) is 0 Å². The molecular formula is C19H19N3O2. The first-order valence-corrected chi connectivity index (χ1v) is 8.09. The van der Waals surface area contributed by atoms with Gasteiger partial charge in [0.15, 0.2) is 11.6 Å². The van der Waals surface area contributed by atoms with E-state index in [-0.39, 0.29) is 11.7 Å². The van der Waals surface area contributed by atoms with Gasteiger partial charge in [0.05, 0.1) is 11.8 Å². The minimum Gasteiger partial charge on any atom is -0.469 e. The van der Waals surface area contributed by atoms with Gasteiger partial charge in [0.1, 0.15) is 5.76 Å². The molecule has 0 radical (unpaired) electrons. The third-order valence-corrected chi connectivity index (χ3v) is 4.43. The maximum atomic E-state index is 12.7. The van der Waals surface area contributed by atoms with Crippen LogP contribution in [-0.2, 0) is 6.42 Å². The van der Waals surface area contributed by atoms with Gasteiger partial charge in [0.25, 0.3) is 0 Å². The quantitative estimate of drug-likeness (QED) is 0.755. The van der Waals surface area contributed by atoms with Crippen LogP contribution in [-0.4, -0.2) is 16.0 Å². The average Bonchev–Trinajstić information content (AvgIpc) is 3.16. The summed E-state index contributed by atoms with van der Waals surface area (Å²) < 4.78 is 5.46. The predicted octanol–water partition coefficient (Wildman–Crippen LogP) is 4.28. The van der Waals surface area contributed by atoms with Crippen molar-refractivity contribution in [1.29, 1.82) is 0 Å². The van der Waals surface area contributed by atoms with Gasteiger partial charge in [0.2, 0.25) is 0 Å². The van der Waals surface area contributed by atoms with Crippen molar-refractivity contribution in [1.82, 2.24) is 10.2 Å². The molecule has 3 aromatic rings. The van der Waals surface area contributed by atoms with Crippen molar-refractivity contribution in [3.05, 3.63) is 64.7 Å². The van der Waals surface area contributed by atoms with Crippen LogP contribution in [0.25, 0.3) is 0 Å². The lowest BCUT2D eigenvalue weighted by Gasteiger charge is -2.19. The van der Waals surface area contributed by atoms with Crippen molar-refractivity contribution in [2.75, 3.05) is 5.32 Å². The van der Waals surface area contributed by atoms with Crippen LogP contribution in [0.5, 0.6) is 0 Å². The molecule has 0 spiro atoms. The molecule has 1 aliphatic carbocycles. The zero-order chi connectivity index (χ0) is 16.7. The number of Topliss-reactive ketones (excluding diaryl/α,β-unsaturated/α-hetero) is 1. The highest BCUT2D eigenvalue weighted by Gasteiger charge is 2.32. The number of furan rings is 1. The number of anilines is 2. The minimum absolute atomic E-state index is 0.0783. The third kappa shape index (κ3) is 2.62. The molecular weight excluding hydrogens is 302 g/mol. The second kappa shape index (κ2) is 5.67. The molecule has 1 aromatic carbocycles. The summed E-state index contributed by atoms with van der Waals surface area (Å²) in [6.45, 7) is 4.11. The van der Waals surface area contributed by atoms with Gasteiger partial charge in [-0.25, -0.2) is 0 Å². The Morgan fingerprint density at radius 1 is 1.21 bits per heavy atom. The Bertz CT molecular complexity index is 873. The van der Waals surface area contributed by atoms with Crippen LogP contribution < -0.4 is 5.32 Å². The highest BCUT2D eigenvalue weighted by molar-refractivity contribution is 6.03. The van der Waals surface area contributed by atoms with Crippen LogP contribution in [0.1, 0.15) is 45.3 Å². The summed E-state index contributed by atoms with van der Waals surface area (Å²) in [4.78, 5) is 12.7. The summed E-state index contributed by atoms with van der Waals surface area (Å²) in [5.74, 6) is 1.64. The fraction of sp³-hybridized carbons (Fsp3) is 0.263. The fourth-order valence-corrected chi connectivity index (χ4v) is 3.47. The molecule has 2 heterocycles. The minimum atomic E-state index is 0.0783. The zero-order valence-corrected chi connectivity index (χ0v) is 13.7. The molecule has 1 aliphatic rings. The van der Waals surface area contributed by atoms with Crippen LogP contribution in [0.4, 0.5) is 11.5 Å². The Morgan fingerprint density at radius 2 is 2.00 bits per heavy atom. The van der Waals surface area contributed by atoms with Crippen molar-refractivity contribution in [3.63, 3.8) is 0 Å². The van der Waals surface area contributed by atoms with Gasteiger partial charge in [-0.2, -0.15) is 5.10 Å². The van der Waals surface area contributed by atoms with Gasteiger partial charge in [-0.05, 0) is 49.2 Å². The standard InChI is InChI=1S/C19H19N3O2/c1-11-6-12(2)8-14(7-11)20-19-18-15(21-22-19)9-13(10-16(18)23)17-4-3-5-24-17/h3-8,13H,9-10H2,1-2H3,(H2,20,21,22). The van der Waals surface area contributed by atoms with Crippen molar-refractivity contribution >= 4 is 17.3 Å². The Morgan fingerprint density at radius 3 is 2.71 bits per heavy atom. The first kappa shape index (κ1) is 14.8. The predicted molar refractivity (Wildman–Crippen MR) is 91.9 cm³/mol. The van der Waals surface area contributed by atoms with E-state index in [0.29, 0.717) is 17.8 Å². The number of H-pyrrole nitrogens is 1. The van der Waals surface area contributed by atoms with E-state index in [1.54, 1.807) is 6.26 Å². The molecule has 0 amide bonds. The van der Waals surface area contributed by atoms with Crippen LogP contribution in [0, 0.1) is 13.8 Å². The number of rotatable bonds is 3. The number of nitrogens with one attached hydrogen (secondary N) is 2. The number of carbonyl (C=O) groups is 1. The monoisotopic (exact) mass is 321 g/mol. The molecule has 0 bridgehead atoms. The summed E-state index contributed by atoms with van der Waals surface area (Å²) in [6.07, 6.45) is 2.83. The van der Waals surface area contributed by atoms with E-state index < -0.39 is 0 Å². The number of hydrogen-bond donors (Lipinski definition) is 2.